The highest BCUT2D eigenvalue weighted by Crippen LogP contribution is 2.28. The zero-order chi connectivity index (χ0) is 16.9. The van der Waals surface area contributed by atoms with Crippen molar-refractivity contribution >= 4 is 30.2 Å². The van der Waals surface area contributed by atoms with Gasteiger partial charge in [0.2, 0.25) is 4.77 Å². The topological polar surface area (TPSA) is 55.2 Å². The Morgan fingerprint density at radius 3 is 2.67 bits per heavy atom. The van der Waals surface area contributed by atoms with Crippen molar-refractivity contribution in [1.82, 2.24) is 14.9 Å². The molecular formula is C17H16N4OS2. The number of rotatable bonds is 5. The van der Waals surface area contributed by atoms with Crippen LogP contribution in [0.5, 0.6) is 5.75 Å². The van der Waals surface area contributed by atoms with E-state index in [4.69, 9.17) is 17.0 Å². The molecule has 0 amide bonds. The molecule has 0 atom stereocenters. The quantitative estimate of drug-likeness (QED) is 0.422. The van der Waals surface area contributed by atoms with Gasteiger partial charge in [0.1, 0.15) is 5.75 Å². The lowest BCUT2D eigenvalue weighted by Crippen LogP contribution is -1.97. The summed E-state index contributed by atoms with van der Waals surface area (Å²) in [7, 11) is 1.63. The van der Waals surface area contributed by atoms with E-state index in [0.29, 0.717) is 16.3 Å². The fraction of sp³-hybridized carbons (Fsp3) is 0.118. The van der Waals surface area contributed by atoms with Gasteiger partial charge >= 0.3 is 0 Å². The number of aromatic amines is 1. The first kappa shape index (κ1) is 16.5. The van der Waals surface area contributed by atoms with Gasteiger partial charge in [-0.1, -0.05) is 24.3 Å². The monoisotopic (exact) mass is 356 g/mol. The molecule has 0 bridgehead atoms. The summed E-state index contributed by atoms with van der Waals surface area (Å²) in [5.74, 6) is 1.32. The summed E-state index contributed by atoms with van der Waals surface area (Å²) < 4.78 is 7.41. The Balaban J connectivity index is 1.98. The van der Waals surface area contributed by atoms with Gasteiger partial charge in [-0.15, -0.1) is 11.8 Å². The average Bonchev–Trinajstić information content (AvgIpc) is 3.00. The second-order valence-corrected chi connectivity index (χ2v) is 6.15. The van der Waals surface area contributed by atoms with E-state index in [1.165, 1.54) is 4.90 Å². The van der Waals surface area contributed by atoms with Crippen LogP contribution >= 0.6 is 24.0 Å². The predicted octanol–water partition coefficient (Wildman–Crippen LogP) is 4.22. The van der Waals surface area contributed by atoms with Crippen molar-refractivity contribution in [2.75, 3.05) is 13.4 Å². The summed E-state index contributed by atoms with van der Waals surface area (Å²) in [6, 6.07) is 15.8. The van der Waals surface area contributed by atoms with Crippen molar-refractivity contribution in [3.8, 4) is 17.1 Å². The van der Waals surface area contributed by atoms with Crippen LogP contribution < -0.4 is 4.74 Å². The SMILES string of the molecule is COc1ccccc1-c1n[nH]c(=S)n1N=Cc1ccc(SC)cc1. The molecule has 122 valence electrons. The molecule has 3 aromatic rings. The van der Waals surface area contributed by atoms with Crippen LogP contribution in [0.3, 0.4) is 0 Å². The van der Waals surface area contributed by atoms with E-state index in [1.807, 2.05) is 42.7 Å². The maximum absolute atomic E-state index is 5.40. The Morgan fingerprint density at radius 2 is 1.96 bits per heavy atom. The molecule has 0 saturated heterocycles. The Hall–Kier alpha value is -2.38. The second kappa shape index (κ2) is 7.46. The molecule has 0 spiro atoms. The van der Waals surface area contributed by atoms with Crippen LogP contribution in [-0.4, -0.2) is 34.5 Å². The number of H-pyrrole nitrogens is 1. The Labute approximate surface area is 149 Å². The third-order valence-corrected chi connectivity index (χ3v) is 4.44. The number of aromatic nitrogens is 3. The number of thioether (sulfide) groups is 1. The third-order valence-electron chi connectivity index (χ3n) is 3.44. The summed E-state index contributed by atoms with van der Waals surface area (Å²) >= 11 is 7.00. The van der Waals surface area contributed by atoms with E-state index in [-0.39, 0.29) is 0 Å². The lowest BCUT2D eigenvalue weighted by molar-refractivity contribution is 0.416. The summed E-state index contributed by atoms with van der Waals surface area (Å²) in [6.07, 6.45) is 3.81. The summed E-state index contributed by atoms with van der Waals surface area (Å²) in [4.78, 5) is 1.21. The minimum Gasteiger partial charge on any atom is -0.496 e. The summed E-state index contributed by atoms with van der Waals surface area (Å²) in [5, 5.41) is 11.5. The minimum absolute atomic E-state index is 0.424. The van der Waals surface area contributed by atoms with Gasteiger partial charge in [-0.3, -0.25) is 0 Å². The molecule has 0 unspecified atom stereocenters. The molecule has 0 radical (unpaired) electrons. The molecule has 24 heavy (non-hydrogen) atoms. The number of nitrogens with one attached hydrogen (secondary N) is 1. The Bertz CT molecular complexity index is 913. The molecule has 5 nitrogen and oxygen atoms in total. The molecule has 0 fully saturated rings. The third kappa shape index (κ3) is 3.42. The largest absolute Gasteiger partial charge is 0.496 e. The fourth-order valence-electron chi connectivity index (χ4n) is 2.22. The lowest BCUT2D eigenvalue weighted by atomic mass is 10.2. The molecular weight excluding hydrogens is 340 g/mol. The number of ether oxygens (including phenoxy) is 1. The molecule has 0 saturated carbocycles. The zero-order valence-corrected chi connectivity index (χ0v) is 14.9. The summed E-state index contributed by atoms with van der Waals surface area (Å²) in [5.41, 5.74) is 1.81. The van der Waals surface area contributed by atoms with Crippen LogP contribution in [0.1, 0.15) is 5.56 Å². The van der Waals surface area contributed by atoms with Crippen molar-refractivity contribution in [2.45, 2.75) is 4.90 Å². The van der Waals surface area contributed by atoms with Gasteiger partial charge < -0.3 is 4.74 Å². The highest BCUT2D eigenvalue weighted by Gasteiger charge is 2.12. The molecule has 0 aliphatic heterocycles. The van der Waals surface area contributed by atoms with Gasteiger partial charge in [0.15, 0.2) is 5.82 Å². The van der Waals surface area contributed by atoms with Crippen LogP contribution in [0.25, 0.3) is 11.4 Å². The number of hydrogen-bond acceptors (Lipinski definition) is 5. The molecule has 3 rings (SSSR count). The smallest absolute Gasteiger partial charge is 0.216 e. The highest BCUT2D eigenvalue weighted by atomic mass is 32.2. The predicted molar refractivity (Wildman–Crippen MR) is 101 cm³/mol. The van der Waals surface area contributed by atoms with E-state index in [2.05, 4.69) is 27.4 Å². The van der Waals surface area contributed by atoms with E-state index >= 15 is 0 Å². The van der Waals surface area contributed by atoms with Crippen LogP contribution in [0, 0.1) is 4.77 Å². The second-order valence-electron chi connectivity index (χ2n) is 4.88. The van der Waals surface area contributed by atoms with Crippen molar-refractivity contribution < 1.29 is 4.74 Å². The van der Waals surface area contributed by atoms with Gasteiger partial charge in [0.25, 0.3) is 0 Å². The van der Waals surface area contributed by atoms with Crippen LogP contribution in [0.2, 0.25) is 0 Å². The molecule has 1 heterocycles. The first-order valence-corrected chi connectivity index (χ1v) is 8.85. The molecule has 2 aromatic carbocycles. The average molecular weight is 356 g/mol. The van der Waals surface area contributed by atoms with Crippen LogP contribution in [-0.2, 0) is 0 Å². The maximum atomic E-state index is 5.40. The lowest BCUT2D eigenvalue weighted by Gasteiger charge is -2.06. The van der Waals surface area contributed by atoms with Crippen LogP contribution in [0.15, 0.2) is 58.5 Å². The number of hydrogen-bond donors (Lipinski definition) is 1. The van der Waals surface area contributed by atoms with Gasteiger partial charge in [-0.05, 0) is 48.3 Å². The number of nitrogens with zero attached hydrogens (tertiary/aromatic N) is 3. The first-order valence-electron chi connectivity index (χ1n) is 7.22. The zero-order valence-electron chi connectivity index (χ0n) is 13.3. The Morgan fingerprint density at radius 1 is 1.21 bits per heavy atom. The fourth-order valence-corrected chi connectivity index (χ4v) is 2.80. The number of benzene rings is 2. The summed E-state index contributed by atoms with van der Waals surface area (Å²) in [6.45, 7) is 0. The minimum atomic E-state index is 0.424. The first-order chi connectivity index (χ1) is 11.7. The Kier molecular flexibility index (Phi) is 5.12. The number of para-hydroxylation sites is 1. The van der Waals surface area contributed by atoms with Gasteiger partial charge in [-0.2, -0.15) is 14.9 Å². The van der Waals surface area contributed by atoms with E-state index in [0.717, 1.165) is 11.1 Å². The number of methoxy groups -OCH3 is 1. The van der Waals surface area contributed by atoms with E-state index < -0.39 is 0 Å². The molecule has 0 aliphatic rings. The van der Waals surface area contributed by atoms with Gasteiger partial charge in [-0.25, -0.2) is 5.10 Å². The van der Waals surface area contributed by atoms with Crippen molar-refractivity contribution in [3.63, 3.8) is 0 Å². The molecule has 1 aromatic heterocycles. The standard InChI is InChI=1S/C17H16N4OS2/c1-22-15-6-4-3-5-14(15)16-19-20-17(23)21(16)18-11-12-7-9-13(24-2)10-8-12/h3-11H,1-2H3,(H,20,23). The maximum Gasteiger partial charge on any atom is 0.216 e. The molecule has 0 aliphatic carbocycles. The molecule has 1 N–H and O–H groups in total. The van der Waals surface area contributed by atoms with E-state index in [1.54, 1.807) is 29.8 Å². The van der Waals surface area contributed by atoms with Gasteiger partial charge in [0.05, 0.1) is 18.9 Å². The van der Waals surface area contributed by atoms with Crippen LogP contribution in [0.4, 0.5) is 0 Å². The van der Waals surface area contributed by atoms with E-state index in [9.17, 15) is 0 Å². The van der Waals surface area contributed by atoms with Crippen molar-refractivity contribution in [2.24, 2.45) is 5.10 Å². The van der Waals surface area contributed by atoms with Crippen molar-refractivity contribution in [3.05, 3.63) is 58.9 Å². The normalized spacial score (nSPS) is 11.1. The molecule has 7 heteroatoms. The highest BCUT2D eigenvalue weighted by molar-refractivity contribution is 7.98. The van der Waals surface area contributed by atoms with Gasteiger partial charge in [0, 0.05) is 4.90 Å². The van der Waals surface area contributed by atoms with Crippen molar-refractivity contribution in [1.29, 1.82) is 0 Å².